The van der Waals surface area contributed by atoms with Gasteiger partial charge in [0.25, 0.3) is 11.8 Å². The van der Waals surface area contributed by atoms with Crippen molar-refractivity contribution in [1.82, 2.24) is 5.32 Å². The Kier molecular flexibility index (Phi) is 10.6. The maximum Gasteiger partial charge on any atom is 0.272 e. The van der Waals surface area contributed by atoms with Crippen LogP contribution in [0.3, 0.4) is 0 Å². The summed E-state index contributed by atoms with van der Waals surface area (Å²) in [6.07, 6.45) is 1.52. The maximum absolute atomic E-state index is 13.4. The second kappa shape index (κ2) is 14.8. The van der Waals surface area contributed by atoms with Crippen LogP contribution in [0.4, 0.5) is 11.4 Å². The van der Waals surface area contributed by atoms with E-state index in [1.807, 2.05) is 6.07 Å². The number of carbonyl (C=O) groups is 3. The van der Waals surface area contributed by atoms with Crippen molar-refractivity contribution in [3.05, 3.63) is 119 Å². The van der Waals surface area contributed by atoms with E-state index in [0.29, 0.717) is 39.0 Å². The number of amides is 3. The standard InChI is InChI=1S/C32H28ClN3O5S/c1-40-24-15-16-27(29(19-24)41-2)35-30(37)20-42-25-13-8-12-23(18-25)34-32(39)28(17-22-11-6-7-14-26(22)33)36-31(38)21-9-4-3-5-10-21/h3-19H,20H2,1-2H3,(H,34,39)(H,35,37)(H,36,38)/b28-17+. The molecule has 0 aliphatic heterocycles. The molecule has 214 valence electrons. The first kappa shape index (κ1) is 30.2. The van der Waals surface area contributed by atoms with E-state index < -0.39 is 11.8 Å². The van der Waals surface area contributed by atoms with Crippen LogP contribution in [0.2, 0.25) is 5.02 Å². The zero-order chi connectivity index (χ0) is 29.9. The lowest BCUT2D eigenvalue weighted by atomic mass is 10.1. The van der Waals surface area contributed by atoms with Gasteiger partial charge in [-0.2, -0.15) is 0 Å². The molecule has 10 heteroatoms. The summed E-state index contributed by atoms with van der Waals surface area (Å²) in [5.74, 6) is 0.0160. The molecule has 0 heterocycles. The number of hydrogen-bond acceptors (Lipinski definition) is 6. The minimum atomic E-state index is -0.536. The number of halogens is 1. The highest BCUT2D eigenvalue weighted by Crippen LogP contribution is 2.30. The van der Waals surface area contributed by atoms with E-state index >= 15 is 0 Å². The first-order valence-electron chi connectivity index (χ1n) is 12.7. The fourth-order valence-corrected chi connectivity index (χ4v) is 4.73. The molecule has 0 bridgehead atoms. The second-order valence-electron chi connectivity index (χ2n) is 8.78. The molecular weight excluding hydrogens is 574 g/mol. The highest BCUT2D eigenvalue weighted by atomic mass is 35.5. The van der Waals surface area contributed by atoms with E-state index in [4.69, 9.17) is 21.1 Å². The predicted octanol–water partition coefficient (Wildman–Crippen LogP) is 6.50. The van der Waals surface area contributed by atoms with Crippen molar-refractivity contribution < 1.29 is 23.9 Å². The monoisotopic (exact) mass is 601 g/mol. The van der Waals surface area contributed by atoms with Crippen LogP contribution in [-0.4, -0.2) is 37.7 Å². The van der Waals surface area contributed by atoms with E-state index in [1.54, 1.807) is 98.1 Å². The third-order valence-corrected chi connectivity index (χ3v) is 7.22. The van der Waals surface area contributed by atoms with Gasteiger partial charge in [0.15, 0.2) is 0 Å². The van der Waals surface area contributed by atoms with Crippen molar-refractivity contribution in [2.75, 3.05) is 30.6 Å². The zero-order valence-electron chi connectivity index (χ0n) is 22.8. The first-order chi connectivity index (χ1) is 20.4. The number of anilines is 2. The Morgan fingerprint density at radius 1 is 0.833 bits per heavy atom. The number of carbonyl (C=O) groups excluding carboxylic acids is 3. The van der Waals surface area contributed by atoms with Gasteiger partial charge in [0.05, 0.1) is 25.7 Å². The Labute approximate surface area is 253 Å². The van der Waals surface area contributed by atoms with Crippen molar-refractivity contribution >= 4 is 58.5 Å². The maximum atomic E-state index is 13.4. The SMILES string of the molecule is COc1ccc(NC(=O)CSc2cccc(NC(=O)/C(=C\c3ccccc3Cl)NC(=O)c3ccccc3)c2)c(OC)c1. The first-order valence-corrected chi connectivity index (χ1v) is 14.1. The van der Waals surface area contributed by atoms with Gasteiger partial charge in [0.1, 0.15) is 17.2 Å². The molecule has 0 radical (unpaired) electrons. The Hall–Kier alpha value is -4.73. The van der Waals surface area contributed by atoms with Crippen LogP contribution in [0.15, 0.2) is 108 Å². The molecule has 0 aromatic heterocycles. The summed E-state index contributed by atoms with van der Waals surface area (Å²) in [6, 6.07) is 27.8. The average Bonchev–Trinajstić information content (AvgIpc) is 3.01. The number of nitrogens with one attached hydrogen (secondary N) is 3. The van der Waals surface area contributed by atoms with Crippen LogP contribution >= 0.6 is 23.4 Å². The average molecular weight is 602 g/mol. The number of benzene rings is 4. The molecule has 4 aromatic rings. The van der Waals surface area contributed by atoms with E-state index in [0.717, 1.165) is 4.90 Å². The van der Waals surface area contributed by atoms with Crippen LogP contribution in [-0.2, 0) is 9.59 Å². The minimum absolute atomic E-state index is 0.0165. The summed E-state index contributed by atoms with van der Waals surface area (Å²) in [4.78, 5) is 39.6. The molecule has 0 saturated heterocycles. The van der Waals surface area contributed by atoms with Crippen LogP contribution in [0.5, 0.6) is 11.5 Å². The lowest BCUT2D eigenvalue weighted by Gasteiger charge is -2.13. The quantitative estimate of drug-likeness (QED) is 0.134. The topological polar surface area (TPSA) is 106 Å². The summed E-state index contributed by atoms with van der Waals surface area (Å²) in [7, 11) is 3.07. The summed E-state index contributed by atoms with van der Waals surface area (Å²) in [5.41, 5.74) is 2.00. The van der Waals surface area contributed by atoms with Gasteiger partial charge < -0.3 is 25.4 Å². The van der Waals surface area contributed by atoms with E-state index in [1.165, 1.54) is 24.9 Å². The number of thioether (sulfide) groups is 1. The third kappa shape index (κ3) is 8.39. The van der Waals surface area contributed by atoms with Gasteiger partial charge in [-0.15, -0.1) is 11.8 Å². The number of methoxy groups -OCH3 is 2. The lowest BCUT2D eigenvalue weighted by molar-refractivity contribution is -0.114. The molecule has 3 N–H and O–H groups in total. The molecule has 4 rings (SSSR count). The molecule has 3 amide bonds. The van der Waals surface area contributed by atoms with Gasteiger partial charge in [-0.3, -0.25) is 14.4 Å². The third-order valence-electron chi connectivity index (χ3n) is 5.88. The summed E-state index contributed by atoms with van der Waals surface area (Å²) in [5, 5.41) is 8.79. The van der Waals surface area contributed by atoms with Crippen molar-refractivity contribution in [1.29, 1.82) is 0 Å². The molecule has 0 aliphatic rings. The van der Waals surface area contributed by atoms with Gasteiger partial charge >= 0.3 is 0 Å². The molecule has 0 fully saturated rings. The molecule has 0 unspecified atom stereocenters. The van der Waals surface area contributed by atoms with Gasteiger partial charge in [-0.25, -0.2) is 0 Å². The summed E-state index contributed by atoms with van der Waals surface area (Å²) < 4.78 is 10.5. The van der Waals surface area contributed by atoms with Crippen LogP contribution in [0.25, 0.3) is 6.08 Å². The molecular formula is C32H28ClN3O5S. The Morgan fingerprint density at radius 3 is 2.33 bits per heavy atom. The fraction of sp³-hybridized carbons (Fsp3) is 0.0938. The molecule has 0 saturated carbocycles. The smallest absolute Gasteiger partial charge is 0.272 e. The molecule has 8 nitrogen and oxygen atoms in total. The van der Waals surface area contributed by atoms with Gasteiger partial charge in [-0.05, 0) is 60.2 Å². The molecule has 0 aliphatic carbocycles. The van der Waals surface area contributed by atoms with Gasteiger partial charge in [0.2, 0.25) is 5.91 Å². The Morgan fingerprint density at radius 2 is 1.60 bits per heavy atom. The lowest BCUT2D eigenvalue weighted by Crippen LogP contribution is -2.30. The Bertz CT molecular complexity index is 1610. The van der Waals surface area contributed by atoms with Crippen LogP contribution in [0.1, 0.15) is 15.9 Å². The number of hydrogen-bond donors (Lipinski definition) is 3. The number of ether oxygens (including phenoxy) is 2. The normalized spacial score (nSPS) is 10.9. The van der Waals surface area contributed by atoms with Crippen molar-refractivity contribution in [2.24, 2.45) is 0 Å². The highest BCUT2D eigenvalue weighted by Gasteiger charge is 2.16. The number of rotatable bonds is 11. The largest absolute Gasteiger partial charge is 0.497 e. The second-order valence-corrected chi connectivity index (χ2v) is 10.2. The minimum Gasteiger partial charge on any atom is -0.497 e. The molecule has 0 atom stereocenters. The molecule has 0 spiro atoms. The van der Waals surface area contributed by atoms with Crippen LogP contribution in [0, 0.1) is 0 Å². The Balaban J connectivity index is 1.45. The summed E-state index contributed by atoms with van der Waals surface area (Å²) in [6.45, 7) is 0. The zero-order valence-corrected chi connectivity index (χ0v) is 24.4. The predicted molar refractivity (Wildman–Crippen MR) is 167 cm³/mol. The van der Waals surface area contributed by atoms with Crippen molar-refractivity contribution in [3.8, 4) is 11.5 Å². The van der Waals surface area contributed by atoms with Crippen LogP contribution < -0.4 is 25.4 Å². The van der Waals surface area contributed by atoms with Gasteiger partial charge in [0, 0.05) is 27.2 Å². The van der Waals surface area contributed by atoms with Crippen molar-refractivity contribution in [3.63, 3.8) is 0 Å². The van der Waals surface area contributed by atoms with E-state index in [9.17, 15) is 14.4 Å². The molecule has 42 heavy (non-hydrogen) atoms. The molecule has 4 aromatic carbocycles. The van der Waals surface area contributed by atoms with Gasteiger partial charge in [-0.1, -0.05) is 54.1 Å². The van der Waals surface area contributed by atoms with E-state index in [2.05, 4.69) is 16.0 Å². The van der Waals surface area contributed by atoms with Crippen molar-refractivity contribution in [2.45, 2.75) is 4.90 Å². The summed E-state index contributed by atoms with van der Waals surface area (Å²) >= 11 is 7.61. The van der Waals surface area contributed by atoms with E-state index in [-0.39, 0.29) is 17.4 Å². The highest BCUT2D eigenvalue weighted by molar-refractivity contribution is 8.00. The fourth-order valence-electron chi connectivity index (χ4n) is 3.79.